The van der Waals surface area contributed by atoms with Gasteiger partial charge in [0, 0.05) is 24.8 Å². The van der Waals surface area contributed by atoms with Crippen molar-refractivity contribution in [2.75, 3.05) is 0 Å². The van der Waals surface area contributed by atoms with E-state index in [1.807, 2.05) is 13.1 Å². The third-order valence-corrected chi connectivity index (χ3v) is 2.68. The quantitative estimate of drug-likeness (QED) is 0.711. The van der Waals surface area contributed by atoms with Crippen LogP contribution in [0, 0.1) is 5.92 Å². The molecule has 0 aromatic carbocycles. The van der Waals surface area contributed by atoms with Crippen LogP contribution in [0.2, 0.25) is 0 Å². The molecule has 1 heterocycles. The van der Waals surface area contributed by atoms with Gasteiger partial charge in [0.15, 0.2) is 0 Å². The topological polar surface area (TPSA) is 96.2 Å². The fourth-order valence-corrected chi connectivity index (χ4v) is 1.56. The molecule has 1 atom stereocenters. The zero-order chi connectivity index (χ0) is 14.4. The zero-order valence-corrected chi connectivity index (χ0v) is 11.4. The van der Waals surface area contributed by atoms with E-state index in [1.165, 1.54) is 0 Å². The molecule has 2 amide bonds. The van der Waals surface area contributed by atoms with Gasteiger partial charge in [-0.1, -0.05) is 13.8 Å². The van der Waals surface area contributed by atoms with E-state index < -0.39 is 18.0 Å². The summed E-state index contributed by atoms with van der Waals surface area (Å²) in [5, 5.41) is 18.1. The van der Waals surface area contributed by atoms with E-state index in [0.29, 0.717) is 6.54 Å². The number of carbonyl (C=O) groups is 2. The second-order valence-corrected chi connectivity index (χ2v) is 4.59. The maximum absolute atomic E-state index is 11.6. The number of aromatic nitrogens is 2. The van der Waals surface area contributed by atoms with Crippen LogP contribution in [0.4, 0.5) is 4.79 Å². The maximum atomic E-state index is 11.6. The summed E-state index contributed by atoms with van der Waals surface area (Å²) in [7, 11) is 0. The van der Waals surface area contributed by atoms with Gasteiger partial charge in [-0.05, 0) is 12.8 Å². The Morgan fingerprint density at radius 1 is 1.47 bits per heavy atom. The van der Waals surface area contributed by atoms with E-state index >= 15 is 0 Å². The summed E-state index contributed by atoms with van der Waals surface area (Å²) in [6.07, 6.45) is 3.50. The van der Waals surface area contributed by atoms with E-state index in [1.54, 1.807) is 24.7 Å². The molecule has 0 radical (unpaired) electrons. The van der Waals surface area contributed by atoms with Crippen LogP contribution in [0.5, 0.6) is 0 Å². The number of carboxylic acids is 1. The van der Waals surface area contributed by atoms with Gasteiger partial charge in [0.1, 0.15) is 6.04 Å². The molecule has 0 fully saturated rings. The monoisotopic (exact) mass is 268 g/mol. The molecule has 0 saturated carbocycles. The van der Waals surface area contributed by atoms with Crippen LogP contribution in [-0.4, -0.2) is 32.9 Å². The summed E-state index contributed by atoms with van der Waals surface area (Å²) in [5.74, 6) is -1.21. The fourth-order valence-electron chi connectivity index (χ4n) is 1.56. The highest BCUT2D eigenvalue weighted by atomic mass is 16.4. The fraction of sp³-hybridized carbons (Fsp3) is 0.583. The van der Waals surface area contributed by atoms with E-state index in [9.17, 15) is 9.59 Å². The standard InChI is InChI=1S/C12H20N4O3/c1-4-16-7-9(6-14-16)5-13-12(19)15-10(8(2)3)11(17)18/h6-8,10H,4-5H2,1-3H3,(H,17,18)(H2,13,15,19). The molecule has 106 valence electrons. The van der Waals surface area contributed by atoms with Crippen molar-refractivity contribution in [3.63, 3.8) is 0 Å². The van der Waals surface area contributed by atoms with Gasteiger partial charge in [0.25, 0.3) is 0 Å². The number of hydrogen-bond acceptors (Lipinski definition) is 3. The van der Waals surface area contributed by atoms with Crippen LogP contribution >= 0.6 is 0 Å². The molecule has 0 bridgehead atoms. The second-order valence-electron chi connectivity index (χ2n) is 4.59. The molecule has 0 aliphatic rings. The van der Waals surface area contributed by atoms with Crippen LogP contribution < -0.4 is 10.6 Å². The number of carboxylic acid groups (broad SMARTS) is 1. The first kappa shape index (κ1) is 15.0. The average molecular weight is 268 g/mol. The van der Waals surface area contributed by atoms with Crippen LogP contribution in [0.3, 0.4) is 0 Å². The summed E-state index contributed by atoms with van der Waals surface area (Å²) in [5.41, 5.74) is 0.869. The Labute approximate surface area is 112 Å². The number of aliphatic carboxylic acids is 1. The lowest BCUT2D eigenvalue weighted by atomic mass is 10.1. The number of nitrogens with one attached hydrogen (secondary N) is 2. The van der Waals surface area contributed by atoms with Gasteiger partial charge in [-0.25, -0.2) is 9.59 Å². The third kappa shape index (κ3) is 4.61. The molecule has 0 aliphatic carbocycles. The lowest BCUT2D eigenvalue weighted by Gasteiger charge is -2.18. The highest BCUT2D eigenvalue weighted by molar-refractivity contribution is 5.82. The number of aryl methyl sites for hydroxylation is 1. The first-order valence-corrected chi connectivity index (χ1v) is 6.22. The smallest absolute Gasteiger partial charge is 0.326 e. The van der Waals surface area contributed by atoms with Crippen LogP contribution in [0.15, 0.2) is 12.4 Å². The number of hydrogen-bond donors (Lipinski definition) is 3. The van der Waals surface area contributed by atoms with Gasteiger partial charge in [0.2, 0.25) is 0 Å². The van der Waals surface area contributed by atoms with E-state index in [2.05, 4.69) is 15.7 Å². The molecular weight excluding hydrogens is 248 g/mol. The molecule has 7 heteroatoms. The Morgan fingerprint density at radius 3 is 2.63 bits per heavy atom. The Bertz CT molecular complexity index is 442. The van der Waals surface area contributed by atoms with Gasteiger partial charge in [-0.3, -0.25) is 4.68 Å². The summed E-state index contributed by atoms with van der Waals surface area (Å²) in [6.45, 7) is 6.53. The largest absolute Gasteiger partial charge is 0.480 e. The summed E-state index contributed by atoms with van der Waals surface area (Å²) >= 11 is 0. The lowest BCUT2D eigenvalue weighted by molar-refractivity contribution is -0.140. The Morgan fingerprint density at radius 2 is 2.16 bits per heavy atom. The molecule has 1 rings (SSSR count). The lowest BCUT2D eigenvalue weighted by Crippen LogP contribution is -2.48. The first-order chi connectivity index (χ1) is 8.93. The van der Waals surface area contributed by atoms with Crippen molar-refractivity contribution >= 4 is 12.0 Å². The maximum Gasteiger partial charge on any atom is 0.326 e. The molecule has 3 N–H and O–H groups in total. The Hall–Kier alpha value is -2.05. The van der Waals surface area contributed by atoms with E-state index in [-0.39, 0.29) is 5.92 Å². The predicted octanol–water partition coefficient (Wildman–Crippen LogP) is 0.811. The molecule has 0 spiro atoms. The zero-order valence-electron chi connectivity index (χ0n) is 11.4. The molecular formula is C12H20N4O3. The van der Waals surface area contributed by atoms with Crippen molar-refractivity contribution in [3.8, 4) is 0 Å². The highest BCUT2D eigenvalue weighted by Gasteiger charge is 2.23. The first-order valence-electron chi connectivity index (χ1n) is 6.22. The molecule has 19 heavy (non-hydrogen) atoms. The van der Waals surface area contributed by atoms with Gasteiger partial charge in [0.05, 0.1) is 6.20 Å². The number of urea groups is 1. The molecule has 0 aliphatic heterocycles. The molecule has 7 nitrogen and oxygen atoms in total. The highest BCUT2D eigenvalue weighted by Crippen LogP contribution is 2.02. The minimum Gasteiger partial charge on any atom is -0.480 e. The summed E-state index contributed by atoms with van der Waals surface area (Å²) in [6, 6.07) is -1.39. The SMILES string of the molecule is CCn1cc(CNC(=O)NC(C(=O)O)C(C)C)cn1. The molecule has 0 saturated heterocycles. The van der Waals surface area contributed by atoms with Crippen molar-refractivity contribution in [1.29, 1.82) is 0 Å². The number of amides is 2. The summed E-state index contributed by atoms with van der Waals surface area (Å²) in [4.78, 5) is 22.5. The second kappa shape index (κ2) is 6.77. The van der Waals surface area contributed by atoms with E-state index in [4.69, 9.17) is 5.11 Å². The van der Waals surface area contributed by atoms with Gasteiger partial charge >= 0.3 is 12.0 Å². The predicted molar refractivity (Wildman–Crippen MR) is 69.5 cm³/mol. The normalized spacial score (nSPS) is 12.2. The number of carbonyl (C=O) groups excluding carboxylic acids is 1. The van der Waals surface area contributed by atoms with Crippen molar-refractivity contribution in [2.24, 2.45) is 5.92 Å². The van der Waals surface area contributed by atoms with Crippen molar-refractivity contribution in [2.45, 2.75) is 39.9 Å². The third-order valence-electron chi connectivity index (χ3n) is 2.68. The van der Waals surface area contributed by atoms with Gasteiger partial charge < -0.3 is 15.7 Å². The van der Waals surface area contributed by atoms with Crippen LogP contribution in [0.25, 0.3) is 0 Å². The van der Waals surface area contributed by atoms with Crippen molar-refractivity contribution in [1.82, 2.24) is 20.4 Å². The Kier molecular flexibility index (Phi) is 5.35. The molecule has 1 unspecified atom stereocenters. The number of nitrogens with zero attached hydrogens (tertiary/aromatic N) is 2. The Balaban J connectivity index is 2.44. The number of rotatable bonds is 6. The summed E-state index contributed by atoms with van der Waals surface area (Å²) < 4.78 is 1.75. The molecule has 1 aromatic heterocycles. The molecule has 1 aromatic rings. The van der Waals surface area contributed by atoms with Crippen LogP contribution in [0.1, 0.15) is 26.3 Å². The van der Waals surface area contributed by atoms with Crippen LogP contribution in [-0.2, 0) is 17.9 Å². The van der Waals surface area contributed by atoms with Gasteiger partial charge in [-0.15, -0.1) is 0 Å². The average Bonchev–Trinajstić information content (AvgIpc) is 2.80. The van der Waals surface area contributed by atoms with E-state index in [0.717, 1.165) is 12.1 Å². The van der Waals surface area contributed by atoms with Crippen molar-refractivity contribution < 1.29 is 14.7 Å². The van der Waals surface area contributed by atoms with Crippen molar-refractivity contribution in [3.05, 3.63) is 18.0 Å². The van der Waals surface area contributed by atoms with Gasteiger partial charge in [-0.2, -0.15) is 5.10 Å². The minimum atomic E-state index is -1.04. The minimum absolute atomic E-state index is 0.175.